The fourth-order valence-corrected chi connectivity index (χ4v) is 2.36. The number of halogens is 1. The zero-order valence-corrected chi connectivity index (χ0v) is 10.8. The van der Waals surface area contributed by atoms with Crippen LogP contribution in [0.25, 0.3) is 0 Å². The fraction of sp³-hybridized carbons (Fsp3) is 0.500. The molecule has 2 N–H and O–H groups in total. The highest BCUT2D eigenvalue weighted by atomic mass is 79.9. The van der Waals surface area contributed by atoms with E-state index < -0.39 is 0 Å². The monoisotopic (exact) mass is 285 g/mol. The molecule has 1 saturated heterocycles. The maximum atomic E-state index is 9.79. The summed E-state index contributed by atoms with van der Waals surface area (Å²) in [6.07, 6.45) is 1.04. The second kappa shape index (κ2) is 5.17. The second-order valence-corrected chi connectivity index (χ2v) is 5.07. The number of rotatable bonds is 3. The van der Waals surface area contributed by atoms with E-state index >= 15 is 0 Å². The summed E-state index contributed by atoms with van der Waals surface area (Å²) in [4.78, 5) is 0. The molecule has 0 saturated carbocycles. The van der Waals surface area contributed by atoms with Crippen molar-refractivity contribution < 1.29 is 9.84 Å². The molecule has 1 aliphatic rings. The second-order valence-electron chi connectivity index (χ2n) is 4.15. The van der Waals surface area contributed by atoms with Gasteiger partial charge in [0.1, 0.15) is 5.75 Å². The van der Waals surface area contributed by atoms with E-state index in [-0.39, 0.29) is 6.04 Å². The van der Waals surface area contributed by atoms with E-state index in [1.54, 1.807) is 6.07 Å². The molecule has 1 fully saturated rings. The summed E-state index contributed by atoms with van der Waals surface area (Å²) in [5, 5.41) is 13.2. The van der Waals surface area contributed by atoms with Gasteiger partial charge in [0.2, 0.25) is 0 Å². The highest BCUT2D eigenvalue weighted by molar-refractivity contribution is 9.10. The van der Waals surface area contributed by atoms with Crippen molar-refractivity contribution in [1.29, 1.82) is 0 Å². The van der Waals surface area contributed by atoms with E-state index in [0.717, 1.165) is 29.7 Å². The van der Waals surface area contributed by atoms with Crippen LogP contribution in [0, 0.1) is 0 Å². The average molecular weight is 286 g/mol. The standard InChI is InChI=1S/C12H16BrNO2/c1-8(14-10-4-5-16-7-10)11-6-9(13)2-3-12(11)15/h2-3,6,8,10,14-15H,4-5,7H2,1H3. The van der Waals surface area contributed by atoms with Crippen molar-refractivity contribution in [3.05, 3.63) is 28.2 Å². The van der Waals surface area contributed by atoms with Crippen LogP contribution in [-0.4, -0.2) is 24.4 Å². The Morgan fingerprint density at radius 2 is 2.38 bits per heavy atom. The number of nitrogens with one attached hydrogen (secondary N) is 1. The SMILES string of the molecule is CC(NC1CCOC1)c1cc(Br)ccc1O. The lowest BCUT2D eigenvalue weighted by Crippen LogP contribution is -2.31. The van der Waals surface area contributed by atoms with Gasteiger partial charge in [0, 0.05) is 28.7 Å². The van der Waals surface area contributed by atoms with Crippen LogP contribution in [0.2, 0.25) is 0 Å². The molecule has 88 valence electrons. The third-order valence-corrected chi connectivity index (χ3v) is 3.36. The average Bonchev–Trinajstić information content (AvgIpc) is 2.74. The third-order valence-electron chi connectivity index (χ3n) is 2.87. The Morgan fingerprint density at radius 3 is 3.06 bits per heavy atom. The van der Waals surface area contributed by atoms with Crippen molar-refractivity contribution in [2.75, 3.05) is 13.2 Å². The fourth-order valence-electron chi connectivity index (χ4n) is 1.98. The minimum Gasteiger partial charge on any atom is -0.508 e. The smallest absolute Gasteiger partial charge is 0.120 e. The van der Waals surface area contributed by atoms with E-state index in [2.05, 4.69) is 28.2 Å². The number of benzene rings is 1. The van der Waals surface area contributed by atoms with Crippen LogP contribution in [0.4, 0.5) is 0 Å². The predicted octanol–water partition coefficient (Wildman–Crippen LogP) is 2.59. The Balaban J connectivity index is 2.07. The summed E-state index contributed by atoms with van der Waals surface area (Å²) in [7, 11) is 0. The first-order chi connectivity index (χ1) is 7.66. The molecular weight excluding hydrogens is 270 g/mol. The van der Waals surface area contributed by atoms with Crippen LogP contribution in [0.3, 0.4) is 0 Å². The van der Waals surface area contributed by atoms with E-state index in [4.69, 9.17) is 4.74 Å². The van der Waals surface area contributed by atoms with E-state index in [0.29, 0.717) is 11.8 Å². The Morgan fingerprint density at radius 1 is 1.56 bits per heavy atom. The van der Waals surface area contributed by atoms with Crippen molar-refractivity contribution in [2.24, 2.45) is 0 Å². The zero-order valence-electron chi connectivity index (χ0n) is 9.24. The molecule has 1 aliphatic heterocycles. The molecule has 0 aliphatic carbocycles. The molecule has 0 bridgehead atoms. The van der Waals surface area contributed by atoms with Crippen LogP contribution in [0.15, 0.2) is 22.7 Å². The molecule has 0 aromatic heterocycles. The number of phenolic OH excluding ortho intramolecular Hbond substituents is 1. The number of aromatic hydroxyl groups is 1. The molecule has 1 aromatic carbocycles. The minimum atomic E-state index is 0.129. The molecule has 0 spiro atoms. The highest BCUT2D eigenvalue weighted by Gasteiger charge is 2.19. The normalized spacial score (nSPS) is 22.2. The number of ether oxygens (including phenoxy) is 1. The van der Waals surface area contributed by atoms with Crippen LogP contribution in [-0.2, 0) is 4.74 Å². The topological polar surface area (TPSA) is 41.5 Å². The zero-order chi connectivity index (χ0) is 11.5. The molecule has 1 aromatic rings. The van der Waals surface area contributed by atoms with Gasteiger partial charge in [0.15, 0.2) is 0 Å². The lowest BCUT2D eigenvalue weighted by Gasteiger charge is -2.19. The van der Waals surface area contributed by atoms with Crippen molar-refractivity contribution in [3.63, 3.8) is 0 Å². The maximum Gasteiger partial charge on any atom is 0.120 e. The molecule has 4 heteroatoms. The quantitative estimate of drug-likeness (QED) is 0.897. The summed E-state index contributed by atoms with van der Waals surface area (Å²) in [5.74, 6) is 0.335. The maximum absolute atomic E-state index is 9.79. The molecule has 3 nitrogen and oxygen atoms in total. The summed E-state index contributed by atoms with van der Waals surface area (Å²) < 4.78 is 6.30. The van der Waals surface area contributed by atoms with Gasteiger partial charge in [0.25, 0.3) is 0 Å². The molecule has 2 rings (SSSR count). The lowest BCUT2D eigenvalue weighted by molar-refractivity contribution is 0.188. The number of phenols is 1. The van der Waals surface area contributed by atoms with Gasteiger partial charge in [-0.15, -0.1) is 0 Å². The van der Waals surface area contributed by atoms with Crippen LogP contribution in [0.1, 0.15) is 24.9 Å². The Hall–Kier alpha value is -0.580. The van der Waals surface area contributed by atoms with Gasteiger partial charge in [-0.3, -0.25) is 0 Å². The van der Waals surface area contributed by atoms with Gasteiger partial charge >= 0.3 is 0 Å². The van der Waals surface area contributed by atoms with Crippen molar-refractivity contribution in [3.8, 4) is 5.75 Å². The van der Waals surface area contributed by atoms with Gasteiger partial charge in [-0.25, -0.2) is 0 Å². The first-order valence-corrected chi connectivity index (χ1v) is 6.28. The summed E-state index contributed by atoms with van der Waals surface area (Å²) >= 11 is 3.41. The molecular formula is C12H16BrNO2. The van der Waals surface area contributed by atoms with E-state index in [9.17, 15) is 5.11 Å². The van der Waals surface area contributed by atoms with Crippen LogP contribution >= 0.6 is 15.9 Å². The molecule has 0 radical (unpaired) electrons. The summed E-state index contributed by atoms with van der Waals surface area (Å²) in [6.45, 7) is 3.65. The van der Waals surface area contributed by atoms with Gasteiger partial charge in [-0.2, -0.15) is 0 Å². The minimum absolute atomic E-state index is 0.129. The molecule has 16 heavy (non-hydrogen) atoms. The first kappa shape index (κ1) is 11.9. The predicted molar refractivity (Wildman–Crippen MR) is 66.6 cm³/mol. The highest BCUT2D eigenvalue weighted by Crippen LogP contribution is 2.28. The number of hydrogen-bond acceptors (Lipinski definition) is 3. The van der Waals surface area contributed by atoms with Crippen molar-refractivity contribution in [2.45, 2.75) is 25.4 Å². The Kier molecular flexibility index (Phi) is 3.84. The third kappa shape index (κ3) is 2.75. The summed E-state index contributed by atoms with van der Waals surface area (Å²) in [6, 6.07) is 6.02. The summed E-state index contributed by atoms with van der Waals surface area (Å²) in [5.41, 5.74) is 0.918. The van der Waals surface area contributed by atoms with Gasteiger partial charge in [0.05, 0.1) is 6.61 Å². The van der Waals surface area contributed by atoms with Crippen LogP contribution < -0.4 is 5.32 Å². The first-order valence-electron chi connectivity index (χ1n) is 5.49. The van der Waals surface area contributed by atoms with Gasteiger partial charge in [-0.05, 0) is 31.5 Å². The lowest BCUT2D eigenvalue weighted by atomic mass is 10.1. The Bertz CT molecular complexity index is 364. The van der Waals surface area contributed by atoms with Gasteiger partial charge in [-0.1, -0.05) is 15.9 Å². The van der Waals surface area contributed by atoms with Crippen molar-refractivity contribution in [1.82, 2.24) is 5.32 Å². The van der Waals surface area contributed by atoms with E-state index in [1.807, 2.05) is 12.1 Å². The number of hydrogen-bond donors (Lipinski definition) is 2. The van der Waals surface area contributed by atoms with Crippen LogP contribution in [0.5, 0.6) is 5.75 Å². The van der Waals surface area contributed by atoms with Crippen molar-refractivity contribution >= 4 is 15.9 Å². The molecule has 1 heterocycles. The molecule has 2 unspecified atom stereocenters. The van der Waals surface area contributed by atoms with Gasteiger partial charge < -0.3 is 15.2 Å². The molecule has 0 amide bonds. The molecule has 2 atom stereocenters. The largest absolute Gasteiger partial charge is 0.508 e. The Labute approximate surface area is 104 Å². The van der Waals surface area contributed by atoms with E-state index in [1.165, 1.54) is 0 Å².